The molecule has 1 heterocycles. The first-order valence-corrected chi connectivity index (χ1v) is 8.10. The molecule has 0 saturated carbocycles. The van der Waals surface area contributed by atoms with E-state index in [1.807, 2.05) is 0 Å². The van der Waals surface area contributed by atoms with E-state index in [-0.39, 0.29) is 9.88 Å². The molecular formula is C12H10BrN3O2S2. The summed E-state index contributed by atoms with van der Waals surface area (Å²) in [5, 5.41) is 0. The number of hydrogen-bond donors (Lipinski definition) is 2. The minimum absolute atomic E-state index is 0.0626. The monoisotopic (exact) mass is 371 g/mol. The summed E-state index contributed by atoms with van der Waals surface area (Å²) in [5.41, 5.74) is 6.49. The van der Waals surface area contributed by atoms with E-state index in [9.17, 15) is 8.42 Å². The highest BCUT2D eigenvalue weighted by molar-refractivity contribution is 9.10. The summed E-state index contributed by atoms with van der Waals surface area (Å²) in [6.45, 7) is 0. The van der Waals surface area contributed by atoms with Crippen molar-refractivity contribution in [3.63, 3.8) is 0 Å². The fourth-order valence-electron chi connectivity index (χ4n) is 1.49. The maximum atomic E-state index is 12.2. The Bertz CT molecular complexity index is 763. The van der Waals surface area contributed by atoms with Gasteiger partial charge in [0.05, 0.1) is 0 Å². The van der Waals surface area contributed by atoms with Crippen molar-refractivity contribution in [3.05, 3.63) is 52.8 Å². The molecule has 3 N–H and O–H groups in total. The van der Waals surface area contributed by atoms with E-state index in [0.717, 1.165) is 0 Å². The number of benzene rings is 1. The third-order valence-corrected chi connectivity index (χ3v) is 4.41. The first-order valence-electron chi connectivity index (χ1n) is 5.42. The second-order valence-electron chi connectivity index (χ2n) is 3.89. The van der Waals surface area contributed by atoms with Crippen molar-refractivity contribution >= 4 is 48.8 Å². The van der Waals surface area contributed by atoms with Crippen LogP contribution in [0.3, 0.4) is 0 Å². The molecule has 0 atom stereocenters. The van der Waals surface area contributed by atoms with Gasteiger partial charge in [-0.05, 0) is 34.1 Å². The highest BCUT2D eigenvalue weighted by Crippen LogP contribution is 2.19. The fraction of sp³-hybridized carbons (Fsp3) is 0. The van der Waals surface area contributed by atoms with E-state index in [1.54, 1.807) is 24.3 Å². The number of rotatable bonds is 4. The Morgan fingerprint density at radius 3 is 2.70 bits per heavy atom. The van der Waals surface area contributed by atoms with Crippen LogP contribution >= 0.6 is 28.1 Å². The van der Waals surface area contributed by atoms with Crippen molar-refractivity contribution in [1.82, 2.24) is 4.98 Å². The van der Waals surface area contributed by atoms with Crippen molar-refractivity contribution < 1.29 is 8.42 Å². The van der Waals surface area contributed by atoms with Crippen LogP contribution in [0.15, 0.2) is 52.1 Å². The van der Waals surface area contributed by atoms with Crippen LogP contribution in [0.1, 0.15) is 5.56 Å². The molecule has 0 radical (unpaired) electrons. The predicted molar refractivity (Wildman–Crippen MR) is 85.1 cm³/mol. The van der Waals surface area contributed by atoms with Gasteiger partial charge < -0.3 is 5.73 Å². The van der Waals surface area contributed by atoms with E-state index in [2.05, 4.69) is 25.6 Å². The van der Waals surface area contributed by atoms with E-state index in [0.29, 0.717) is 15.7 Å². The van der Waals surface area contributed by atoms with Crippen LogP contribution in [-0.4, -0.2) is 18.4 Å². The minimum Gasteiger partial charge on any atom is -0.389 e. The Hall–Kier alpha value is -1.51. The molecule has 0 aliphatic carbocycles. The molecule has 2 aromatic rings. The Balaban J connectivity index is 2.33. The maximum absolute atomic E-state index is 12.2. The van der Waals surface area contributed by atoms with Crippen LogP contribution in [0, 0.1) is 0 Å². The molecule has 0 saturated heterocycles. The minimum atomic E-state index is -3.70. The molecule has 1 aromatic heterocycles. The maximum Gasteiger partial charge on any atom is 0.263 e. The number of pyridine rings is 1. The van der Waals surface area contributed by atoms with Crippen molar-refractivity contribution in [1.29, 1.82) is 0 Å². The molecule has 0 fully saturated rings. The summed E-state index contributed by atoms with van der Waals surface area (Å²) in [5.74, 6) is 0. The van der Waals surface area contributed by atoms with Gasteiger partial charge >= 0.3 is 0 Å². The molecule has 0 aliphatic rings. The number of nitrogens with two attached hydrogens (primary N) is 1. The Labute approximate surface area is 130 Å². The third kappa shape index (κ3) is 3.53. The van der Waals surface area contributed by atoms with E-state index < -0.39 is 10.0 Å². The lowest BCUT2D eigenvalue weighted by Gasteiger charge is -2.09. The molecule has 0 unspecified atom stereocenters. The van der Waals surface area contributed by atoms with Crippen LogP contribution in [0.4, 0.5) is 5.69 Å². The molecular weight excluding hydrogens is 362 g/mol. The lowest BCUT2D eigenvalue weighted by molar-refractivity contribution is 0.600. The lowest BCUT2D eigenvalue weighted by atomic mass is 10.2. The second-order valence-corrected chi connectivity index (χ2v) is 6.93. The molecule has 20 heavy (non-hydrogen) atoms. The van der Waals surface area contributed by atoms with Crippen LogP contribution in [0.2, 0.25) is 0 Å². The van der Waals surface area contributed by atoms with Crippen molar-refractivity contribution in [3.8, 4) is 0 Å². The molecule has 2 rings (SSSR count). The predicted octanol–water partition coefficient (Wildman–Crippen LogP) is 2.28. The molecule has 1 aromatic carbocycles. The van der Waals surface area contributed by atoms with Gasteiger partial charge in [-0.3, -0.25) is 9.71 Å². The fourth-order valence-corrected chi connectivity index (χ4v) is 3.17. The summed E-state index contributed by atoms with van der Waals surface area (Å²) < 4.78 is 27.4. The van der Waals surface area contributed by atoms with Crippen molar-refractivity contribution in [2.45, 2.75) is 4.90 Å². The average Bonchev–Trinajstić information content (AvgIpc) is 2.38. The molecule has 104 valence electrons. The number of anilines is 1. The van der Waals surface area contributed by atoms with E-state index >= 15 is 0 Å². The average molecular weight is 372 g/mol. The summed E-state index contributed by atoms with van der Waals surface area (Å²) in [6, 6.07) is 8.04. The number of hydrogen-bond acceptors (Lipinski definition) is 4. The van der Waals surface area contributed by atoms with Crippen LogP contribution in [0.25, 0.3) is 0 Å². The number of halogens is 1. The number of thiocarbonyl (C=S) groups is 1. The van der Waals surface area contributed by atoms with Gasteiger partial charge in [-0.1, -0.05) is 24.4 Å². The third-order valence-electron chi connectivity index (χ3n) is 2.39. The zero-order chi connectivity index (χ0) is 14.8. The van der Waals surface area contributed by atoms with Gasteiger partial charge in [-0.25, -0.2) is 8.42 Å². The topological polar surface area (TPSA) is 85.1 Å². The van der Waals surface area contributed by atoms with Crippen LogP contribution in [0.5, 0.6) is 0 Å². The summed E-state index contributed by atoms with van der Waals surface area (Å²) >= 11 is 8.04. The summed E-state index contributed by atoms with van der Waals surface area (Å²) in [7, 11) is -3.70. The number of nitrogens with zero attached hydrogens (tertiary/aromatic N) is 1. The Kier molecular flexibility index (Phi) is 4.36. The normalized spacial score (nSPS) is 11.1. The lowest BCUT2D eigenvalue weighted by Crippen LogP contribution is -2.14. The Morgan fingerprint density at radius 1 is 1.30 bits per heavy atom. The van der Waals surface area contributed by atoms with Gasteiger partial charge in [0, 0.05) is 28.1 Å². The Morgan fingerprint density at radius 2 is 2.05 bits per heavy atom. The molecule has 5 nitrogen and oxygen atoms in total. The van der Waals surface area contributed by atoms with Gasteiger partial charge in [0.2, 0.25) is 0 Å². The van der Waals surface area contributed by atoms with Gasteiger partial charge in [0.25, 0.3) is 10.0 Å². The number of nitrogens with one attached hydrogen (secondary N) is 1. The zero-order valence-corrected chi connectivity index (χ0v) is 13.3. The highest BCUT2D eigenvalue weighted by Gasteiger charge is 2.15. The standard InChI is InChI=1S/C12H10BrN3O2S2/c13-9-5-11(7-15-6-9)20(17,18)16-10-3-1-2-8(4-10)12(14)19/h1-7,16H,(H2,14,19). The van der Waals surface area contributed by atoms with Crippen molar-refractivity contribution in [2.75, 3.05) is 4.72 Å². The van der Waals surface area contributed by atoms with Crippen LogP contribution < -0.4 is 10.5 Å². The van der Waals surface area contributed by atoms with E-state index in [1.165, 1.54) is 18.5 Å². The van der Waals surface area contributed by atoms with Crippen molar-refractivity contribution in [2.24, 2.45) is 5.73 Å². The summed E-state index contributed by atoms with van der Waals surface area (Å²) in [6.07, 6.45) is 2.77. The van der Waals surface area contributed by atoms with Gasteiger partial charge in [-0.15, -0.1) is 0 Å². The van der Waals surface area contributed by atoms with Gasteiger partial charge in [0.15, 0.2) is 0 Å². The molecule has 0 amide bonds. The summed E-state index contributed by atoms with van der Waals surface area (Å²) in [4.78, 5) is 4.10. The first kappa shape index (κ1) is 14.9. The number of sulfonamides is 1. The quantitative estimate of drug-likeness (QED) is 0.805. The molecule has 0 bridgehead atoms. The second kappa shape index (κ2) is 5.86. The number of aromatic nitrogens is 1. The van der Waals surface area contributed by atoms with E-state index in [4.69, 9.17) is 18.0 Å². The SMILES string of the molecule is NC(=S)c1cccc(NS(=O)(=O)c2cncc(Br)c2)c1. The smallest absolute Gasteiger partial charge is 0.263 e. The van der Waals surface area contributed by atoms with Gasteiger partial charge in [0.1, 0.15) is 9.88 Å². The van der Waals surface area contributed by atoms with Gasteiger partial charge in [-0.2, -0.15) is 0 Å². The largest absolute Gasteiger partial charge is 0.389 e. The van der Waals surface area contributed by atoms with Crippen LogP contribution in [-0.2, 0) is 10.0 Å². The first-order chi connectivity index (χ1) is 9.38. The molecule has 8 heteroatoms. The zero-order valence-electron chi connectivity index (χ0n) is 10.1. The molecule has 0 aliphatic heterocycles. The molecule has 0 spiro atoms. The highest BCUT2D eigenvalue weighted by atomic mass is 79.9.